The van der Waals surface area contributed by atoms with Crippen LogP contribution in [0.1, 0.15) is 45.2 Å². The predicted molar refractivity (Wildman–Crippen MR) is 133 cm³/mol. The molecule has 2 aromatic carbocycles. The van der Waals surface area contributed by atoms with Crippen LogP contribution in [-0.4, -0.2) is 45.5 Å². The number of phenols is 1. The van der Waals surface area contributed by atoms with Gasteiger partial charge >= 0.3 is 5.97 Å². The van der Waals surface area contributed by atoms with Crippen LogP contribution in [0.25, 0.3) is 5.57 Å². The van der Waals surface area contributed by atoms with E-state index in [4.69, 9.17) is 4.74 Å². The summed E-state index contributed by atoms with van der Waals surface area (Å²) in [6, 6.07) is 11.6. The van der Waals surface area contributed by atoms with Crippen LogP contribution in [0.15, 0.2) is 65.8 Å². The van der Waals surface area contributed by atoms with E-state index in [0.29, 0.717) is 35.5 Å². The number of amides is 2. The maximum absolute atomic E-state index is 13.5. The zero-order valence-electron chi connectivity index (χ0n) is 20.4. The minimum Gasteiger partial charge on any atom is -0.508 e. The van der Waals surface area contributed by atoms with Crippen molar-refractivity contribution in [3.63, 3.8) is 0 Å². The number of phenolic OH excluding ortho intramolecular Hbond substituents is 1. The van der Waals surface area contributed by atoms with Crippen LogP contribution < -0.4 is 4.74 Å². The number of carboxylic acids is 1. The first kappa shape index (κ1) is 25.7. The number of carbonyl (C=O) groups excluding carboxylic acids is 2. The Morgan fingerprint density at radius 1 is 0.971 bits per heavy atom. The van der Waals surface area contributed by atoms with Crippen LogP contribution in [0.5, 0.6) is 11.5 Å². The van der Waals surface area contributed by atoms with Gasteiger partial charge in [0.25, 0.3) is 11.8 Å². The molecule has 0 fully saturated rings. The Kier molecular flexibility index (Phi) is 8.12. The standard InChI is InChI=1S/C28H31NO6/c1-17(2)13-14-35-22-11-7-20(8-12-22)25-23(15-18(3)4)26(31)29(27(25)32)24(28(33)34)16-19-5-9-21(30)10-6-19/h5-13,18,24,30H,14-16H2,1-4H3,(H,33,34). The summed E-state index contributed by atoms with van der Waals surface area (Å²) < 4.78 is 5.69. The maximum Gasteiger partial charge on any atom is 0.327 e. The van der Waals surface area contributed by atoms with Crippen LogP contribution in [0.2, 0.25) is 0 Å². The number of hydrogen-bond acceptors (Lipinski definition) is 5. The number of benzene rings is 2. The van der Waals surface area contributed by atoms with Gasteiger partial charge in [0.15, 0.2) is 0 Å². The quantitative estimate of drug-likeness (QED) is 0.383. The SMILES string of the molecule is CC(C)=CCOc1ccc(C2=C(CC(C)C)C(=O)N(C(Cc3ccc(O)cc3)C(=O)O)C2=O)cc1. The molecular formula is C28H31NO6. The van der Waals surface area contributed by atoms with Gasteiger partial charge in [0, 0.05) is 12.0 Å². The van der Waals surface area contributed by atoms with Gasteiger partial charge in [-0.25, -0.2) is 4.79 Å². The molecule has 7 nitrogen and oxygen atoms in total. The lowest BCUT2D eigenvalue weighted by molar-refractivity contribution is -0.153. The van der Waals surface area contributed by atoms with E-state index in [2.05, 4.69) is 0 Å². The van der Waals surface area contributed by atoms with Gasteiger partial charge < -0.3 is 14.9 Å². The van der Waals surface area contributed by atoms with Gasteiger partial charge in [-0.1, -0.05) is 43.7 Å². The van der Waals surface area contributed by atoms with E-state index >= 15 is 0 Å². The van der Waals surface area contributed by atoms with Crippen molar-refractivity contribution < 1.29 is 29.3 Å². The molecule has 1 aliphatic rings. The first-order chi connectivity index (χ1) is 16.6. The second kappa shape index (κ2) is 11.0. The summed E-state index contributed by atoms with van der Waals surface area (Å²) >= 11 is 0. The maximum atomic E-state index is 13.5. The Hall–Kier alpha value is -3.87. The zero-order valence-corrected chi connectivity index (χ0v) is 20.4. The molecule has 0 saturated carbocycles. The average Bonchev–Trinajstić information content (AvgIpc) is 3.02. The van der Waals surface area contributed by atoms with Gasteiger partial charge in [-0.3, -0.25) is 14.5 Å². The molecule has 2 N–H and O–H groups in total. The van der Waals surface area contributed by atoms with Crippen molar-refractivity contribution in [3.05, 3.63) is 76.9 Å². The summed E-state index contributed by atoms with van der Waals surface area (Å²) in [6.45, 7) is 8.27. The number of allylic oxidation sites excluding steroid dienone is 1. The highest BCUT2D eigenvalue weighted by atomic mass is 16.5. The molecule has 3 rings (SSSR count). The van der Waals surface area contributed by atoms with Crippen molar-refractivity contribution in [2.24, 2.45) is 5.92 Å². The minimum atomic E-state index is -1.37. The number of ether oxygens (including phenoxy) is 1. The fourth-order valence-electron chi connectivity index (χ4n) is 3.94. The van der Waals surface area contributed by atoms with Gasteiger partial charge in [-0.15, -0.1) is 0 Å². The number of hydrogen-bond donors (Lipinski definition) is 2. The highest BCUT2D eigenvalue weighted by Gasteiger charge is 2.45. The summed E-state index contributed by atoms with van der Waals surface area (Å²) in [5, 5.41) is 19.4. The van der Waals surface area contributed by atoms with Gasteiger partial charge in [0.05, 0.1) is 5.57 Å². The summed E-state index contributed by atoms with van der Waals surface area (Å²) in [4.78, 5) is 40.0. The molecule has 0 saturated heterocycles. The lowest BCUT2D eigenvalue weighted by atomic mass is 9.95. The third kappa shape index (κ3) is 6.18. The van der Waals surface area contributed by atoms with Crippen molar-refractivity contribution >= 4 is 23.4 Å². The van der Waals surface area contributed by atoms with Gasteiger partial charge in [-0.05, 0) is 67.7 Å². The summed E-state index contributed by atoms with van der Waals surface area (Å²) in [6.07, 6.45) is 2.24. The number of carboxylic acid groups (broad SMARTS) is 1. The van der Waals surface area contributed by atoms with E-state index in [1.54, 1.807) is 36.4 Å². The lowest BCUT2D eigenvalue weighted by Crippen LogP contribution is -2.47. The molecule has 7 heteroatoms. The first-order valence-corrected chi connectivity index (χ1v) is 11.6. The van der Waals surface area contributed by atoms with Crippen LogP contribution >= 0.6 is 0 Å². The summed E-state index contributed by atoms with van der Waals surface area (Å²) in [7, 11) is 0. The highest BCUT2D eigenvalue weighted by Crippen LogP contribution is 2.35. The van der Waals surface area contributed by atoms with E-state index in [-0.39, 0.29) is 23.7 Å². The number of nitrogens with zero attached hydrogens (tertiary/aromatic N) is 1. The Morgan fingerprint density at radius 2 is 1.60 bits per heavy atom. The third-order valence-corrected chi connectivity index (χ3v) is 5.67. The number of carbonyl (C=O) groups is 3. The topological polar surface area (TPSA) is 104 Å². The van der Waals surface area contributed by atoms with E-state index in [0.717, 1.165) is 10.5 Å². The molecule has 0 aromatic heterocycles. The molecule has 0 bridgehead atoms. The fourth-order valence-corrected chi connectivity index (χ4v) is 3.94. The fraction of sp³-hybridized carbons (Fsp3) is 0.321. The van der Waals surface area contributed by atoms with Crippen LogP contribution in [-0.2, 0) is 20.8 Å². The molecule has 0 spiro atoms. The molecule has 184 valence electrons. The molecular weight excluding hydrogens is 446 g/mol. The molecule has 1 atom stereocenters. The molecule has 2 aromatic rings. The first-order valence-electron chi connectivity index (χ1n) is 11.6. The molecule has 0 aliphatic carbocycles. The van der Waals surface area contributed by atoms with Gasteiger partial charge in [0.1, 0.15) is 24.1 Å². The Balaban J connectivity index is 1.93. The smallest absolute Gasteiger partial charge is 0.327 e. The molecule has 1 heterocycles. The van der Waals surface area contributed by atoms with E-state index < -0.39 is 23.8 Å². The van der Waals surface area contributed by atoms with Crippen LogP contribution in [0.4, 0.5) is 0 Å². The van der Waals surface area contributed by atoms with Crippen molar-refractivity contribution in [2.45, 2.75) is 46.6 Å². The largest absolute Gasteiger partial charge is 0.508 e. The van der Waals surface area contributed by atoms with E-state index in [1.165, 1.54) is 12.1 Å². The monoisotopic (exact) mass is 477 g/mol. The van der Waals surface area contributed by atoms with Gasteiger partial charge in [0.2, 0.25) is 0 Å². The van der Waals surface area contributed by atoms with E-state index in [9.17, 15) is 24.6 Å². The lowest BCUT2D eigenvalue weighted by Gasteiger charge is -2.23. The van der Waals surface area contributed by atoms with Crippen LogP contribution in [0, 0.1) is 5.92 Å². The molecule has 1 aliphatic heterocycles. The molecule has 35 heavy (non-hydrogen) atoms. The number of aliphatic carboxylic acids is 1. The second-order valence-corrected chi connectivity index (χ2v) is 9.27. The number of aromatic hydroxyl groups is 1. The Morgan fingerprint density at radius 3 is 2.14 bits per heavy atom. The highest BCUT2D eigenvalue weighted by molar-refractivity contribution is 6.36. The average molecular weight is 478 g/mol. The zero-order chi connectivity index (χ0) is 25.7. The third-order valence-electron chi connectivity index (χ3n) is 5.67. The summed E-state index contributed by atoms with van der Waals surface area (Å²) in [5.41, 5.74) is 2.83. The van der Waals surface area contributed by atoms with Crippen molar-refractivity contribution in [3.8, 4) is 11.5 Å². The molecule has 0 radical (unpaired) electrons. The normalized spacial score (nSPS) is 14.5. The Labute approximate surface area is 205 Å². The van der Waals surface area contributed by atoms with Crippen molar-refractivity contribution in [1.82, 2.24) is 4.90 Å². The minimum absolute atomic E-state index is 0.0467. The number of rotatable bonds is 10. The Bertz CT molecular complexity index is 1150. The van der Waals surface area contributed by atoms with Crippen LogP contribution in [0.3, 0.4) is 0 Å². The molecule has 1 unspecified atom stereocenters. The predicted octanol–water partition coefficient (Wildman–Crippen LogP) is 4.60. The van der Waals surface area contributed by atoms with Gasteiger partial charge in [-0.2, -0.15) is 0 Å². The summed E-state index contributed by atoms with van der Waals surface area (Å²) in [5.74, 6) is -1.70. The molecule has 2 amide bonds. The van der Waals surface area contributed by atoms with E-state index in [1.807, 2.05) is 33.8 Å². The number of imide groups is 1. The van der Waals surface area contributed by atoms with Crippen molar-refractivity contribution in [1.29, 1.82) is 0 Å². The van der Waals surface area contributed by atoms with Crippen molar-refractivity contribution in [2.75, 3.05) is 6.61 Å². The second-order valence-electron chi connectivity index (χ2n) is 9.27.